The fourth-order valence-electron chi connectivity index (χ4n) is 1.67. The third-order valence-corrected chi connectivity index (χ3v) is 2.61. The van der Waals surface area contributed by atoms with E-state index in [2.05, 4.69) is 5.32 Å². The number of anilines is 1. The zero-order valence-corrected chi connectivity index (χ0v) is 9.89. The molecule has 88 valence electrons. The lowest BCUT2D eigenvalue weighted by Gasteiger charge is -2.08. The smallest absolute Gasteiger partial charge is 0.250 e. The summed E-state index contributed by atoms with van der Waals surface area (Å²) in [6, 6.07) is 13.6. The largest absolute Gasteiger partial charge is 0.383 e. The van der Waals surface area contributed by atoms with Gasteiger partial charge in [0.1, 0.15) is 0 Å². The molecule has 3 heteroatoms. The highest BCUT2D eigenvalue weighted by molar-refractivity contribution is 5.42. The van der Waals surface area contributed by atoms with Gasteiger partial charge in [-0.25, -0.2) is 0 Å². The molecular weight excluding hydrogens is 212 g/mol. The molecule has 1 N–H and O–H groups in total. The lowest BCUT2D eigenvalue weighted by atomic mass is 10.3. The van der Waals surface area contributed by atoms with E-state index in [0.717, 1.165) is 17.8 Å². The van der Waals surface area contributed by atoms with Gasteiger partial charge in [0.15, 0.2) is 0 Å². The van der Waals surface area contributed by atoms with E-state index in [9.17, 15) is 4.79 Å². The highest BCUT2D eigenvalue weighted by Gasteiger charge is 1.95. The molecule has 2 aromatic rings. The number of para-hydroxylation sites is 1. The van der Waals surface area contributed by atoms with E-state index in [1.54, 1.807) is 10.6 Å². The standard InChI is InChI=1S/C14H16N2O/c1-12-7-9-16(14(17)11-12)10-8-15-13-5-3-2-4-6-13/h2-7,9,11,15H,8,10H2,1H3. The van der Waals surface area contributed by atoms with Crippen molar-refractivity contribution in [2.75, 3.05) is 11.9 Å². The molecule has 0 unspecified atom stereocenters. The summed E-state index contributed by atoms with van der Waals surface area (Å²) in [4.78, 5) is 11.6. The molecule has 1 heterocycles. The molecule has 3 nitrogen and oxygen atoms in total. The van der Waals surface area contributed by atoms with E-state index in [-0.39, 0.29) is 5.56 Å². The van der Waals surface area contributed by atoms with Gasteiger partial charge in [-0.15, -0.1) is 0 Å². The van der Waals surface area contributed by atoms with Crippen LogP contribution in [0, 0.1) is 6.92 Å². The van der Waals surface area contributed by atoms with Crippen LogP contribution >= 0.6 is 0 Å². The van der Waals surface area contributed by atoms with Crippen LogP contribution in [-0.4, -0.2) is 11.1 Å². The number of aryl methyl sites for hydroxylation is 1. The van der Waals surface area contributed by atoms with Gasteiger partial charge in [0.2, 0.25) is 0 Å². The second-order valence-electron chi connectivity index (χ2n) is 4.03. The first-order chi connectivity index (χ1) is 8.25. The molecule has 0 aliphatic rings. The van der Waals surface area contributed by atoms with Crippen LogP contribution in [0.1, 0.15) is 5.56 Å². The van der Waals surface area contributed by atoms with Crippen LogP contribution in [0.3, 0.4) is 0 Å². The molecule has 0 aliphatic carbocycles. The normalized spacial score (nSPS) is 10.2. The Labute approximate surface area is 101 Å². The lowest BCUT2D eigenvalue weighted by molar-refractivity contribution is 0.696. The molecule has 0 bridgehead atoms. The first-order valence-electron chi connectivity index (χ1n) is 5.72. The van der Waals surface area contributed by atoms with Crippen molar-refractivity contribution >= 4 is 5.69 Å². The number of nitrogens with zero attached hydrogens (tertiary/aromatic N) is 1. The average Bonchev–Trinajstić information content (AvgIpc) is 2.33. The summed E-state index contributed by atoms with van der Waals surface area (Å²) in [5.74, 6) is 0. The molecule has 0 fully saturated rings. The van der Waals surface area contributed by atoms with Crippen LogP contribution in [0.15, 0.2) is 53.5 Å². The zero-order valence-electron chi connectivity index (χ0n) is 9.89. The maximum atomic E-state index is 11.6. The quantitative estimate of drug-likeness (QED) is 0.871. The van der Waals surface area contributed by atoms with Crippen LogP contribution in [0.25, 0.3) is 0 Å². The van der Waals surface area contributed by atoms with Gasteiger partial charge < -0.3 is 9.88 Å². The Balaban J connectivity index is 1.93. The molecule has 2 rings (SSSR count). The van der Waals surface area contributed by atoms with Crippen molar-refractivity contribution in [3.63, 3.8) is 0 Å². The van der Waals surface area contributed by atoms with Crippen LogP contribution in [-0.2, 0) is 6.54 Å². The van der Waals surface area contributed by atoms with Gasteiger partial charge in [-0.2, -0.15) is 0 Å². The molecule has 0 aliphatic heterocycles. The van der Waals surface area contributed by atoms with Crippen molar-refractivity contribution in [1.82, 2.24) is 4.57 Å². The lowest BCUT2D eigenvalue weighted by Crippen LogP contribution is -2.22. The molecule has 0 saturated heterocycles. The number of rotatable bonds is 4. The minimum Gasteiger partial charge on any atom is -0.383 e. The average molecular weight is 228 g/mol. The van der Waals surface area contributed by atoms with Gasteiger partial charge in [-0.1, -0.05) is 18.2 Å². The number of nitrogens with one attached hydrogen (secondary N) is 1. The van der Waals surface area contributed by atoms with Gasteiger partial charge in [-0.05, 0) is 30.7 Å². The topological polar surface area (TPSA) is 34.0 Å². The maximum absolute atomic E-state index is 11.6. The van der Waals surface area contributed by atoms with Gasteiger partial charge in [0.05, 0.1) is 0 Å². The Morgan fingerprint density at radius 2 is 1.94 bits per heavy atom. The molecule has 1 aromatic carbocycles. The molecule has 1 aromatic heterocycles. The SMILES string of the molecule is Cc1ccn(CCNc2ccccc2)c(=O)c1. The summed E-state index contributed by atoms with van der Waals surface area (Å²) >= 11 is 0. The first kappa shape index (κ1) is 11.5. The van der Waals surface area contributed by atoms with Crippen molar-refractivity contribution in [3.8, 4) is 0 Å². The third-order valence-electron chi connectivity index (χ3n) is 2.61. The Hall–Kier alpha value is -2.03. The summed E-state index contributed by atoms with van der Waals surface area (Å²) in [6.45, 7) is 3.34. The monoisotopic (exact) mass is 228 g/mol. The van der Waals surface area contributed by atoms with E-state index >= 15 is 0 Å². The Kier molecular flexibility index (Phi) is 3.60. The van der Waals surface area contributed by atoms with Gasteiger partial charge in [0, 0.05) is 31.0 Å². The minimum atomic E-state index is 0.0554. The fraction of sp³-hybridized carbons (Fsp3) is 0.214. The third kappa shape index (κ3) is 3.21. The Morgan fingerprint density at radius 1 is 1.18 bits per heavy atom. The number of hydrogen-bond acceptors (Lipinski definition) is 2. The van der Waals surface area contributed by atoms with Gasteiger partial charge in [-0.3, -0.25) is 4.79 Å². The number of pyridine rings is 1. The van der Waals surface area contributed by atoms with Crippen molar-refractivity contribution in [3.05, 3.63) is 64.6 Å². The highest BCUT2D eigenvalue weighted by atomic mass is 16.1. The summed E-state index contributed by atoms with van der Waals surface area (Å²) in [5.41, 5.74) is 2.13. The van der Waals surface area contributed by atoms with E-state index < -0.39 is 0 Å². The van der Waals surface area contributed by atoms with E-state index in [4.69, 9.17) is 0 Å². The van der Waals surface area contributed by atoms with Gasteiger partial charge >= 0.3 is 0 Å². The second kappa shape index (κ2) is 5.34. The van der Waals surface area contributed by atoms with Crippen LogP contribution in [0.5, 0.6) is 0 Å². The summed E-state index contributed by atoms with van der Waals surface area (Å²) < 4.78 is 1.71. The van der Waals surface area contributed by atoms with Crippen LogP contribution in [0.2, 0.25) is 0 Å². The van der Waals surface area contributed by atoms with Crippen LogP contribution < -0.4 is 10.9 Å². The molecule has 0 radical (unpaired) electrons. The highest BCUT2D eigenvalue weighted by Crippen LogP contribution is 2.03. The number of benzene rings is 1. The predicted molar refractivity (Wildman–Crippen MR) is 70.4 cm³/mol. The summed E-state index contributed by atoms with van der Waals surface area (Å²) in [6.07, 6.45) is 1.84. The van der Waals surface area contributed by atoms with Crippen molar-refractivity contribution in [2.45, 2.75) is 13.5 Å². The predicted octanol–water partition coefficient (Wildman–Crippen LogP) is 2.27. The summed E-state index contributed by atoms with van der Waals surface area (Å²) in [5, 5.41) is 3.28. The molecule has 0 spiro atoms. The maximum Gasteiger partial charge on any atom is 0.250 e. The molecule has 0 atom stereocenters. The van der Waals surface area contributed by atoms with Crippen molar-refractivity contribution < 1.29 is 0 Å². The Bertz CT molecular complexity index is 531. The van der Waals surface area contributed by atoms with Crippen LogP contribution in [0.4, 0.5) is 5.69 Å². The molecule has 17 heavy (non-hydrogen) atoms. The zero-order chi connectivity index (χ0) is 12.1. The summed E-state index contributed by atoms with van der Waals surface area (Å²) in [7, 11) is 0. The molecule has 0 amide bonds. The van der Waals surface area contributed by atoms with E-state index in [1.165, 1.54) is 0 Å². The fourth-order valence-corrected chi connectivity index (χ4v) is 1.67. The number of aromatic nitrogens is 1. The first-order valence-corrected chi connectivity index (χ1v) is 5.72. The van der Waals surface area contributed by atoms with E-state index in [1.807, 2.05) is 49.5 Å². The Morgan fingerprint density at radius 3 is 2.65 bits per heavy atom. The van der Waals surface area contributed by atoms with Crippen molar-refractivity contribution in [1.29, 1.82) is 0 Å². The minimum absolute atomic E-state index is 0.0554. The van der Waals surface area contributed by atoms with Crippen molar-refractivity contribution in [2.24, 2.45) is 0 Å². The molecular formula is C14H16N2O. The molecule has 0 saturated carbocycles. The second-order valence-corrected chi connectivity index (χ2v) is 4.03. The van der Waals surface area contributed by atoms with Gasteiger partial charge in [0.25, 0.3) is 5.56 Å². The van der Waals surface area contributed by atoms with E-state index in [0.29, 0.717) is 6.54 Å². The number of hydrogen-bond donors (Lipinski definition) is 1.